The Balaban J connectivity index is 2.00. The fourth-order valence-corrected chi connectivity index (χ4v) is 3.71. The maximum atomic E-state index is 12.4. The molecule has 7 heteroatoms. The molecule has 1 atom stereocenters. The van der Waals surface area contributed by atoms with Gasteiger partial charge in [0.25, 0.3) is 0 Å². The second kappa shape index (κ2) is 9.24. The Hall–Kier alpha value is -2.05. The third-order valence-electron chi connectivity index (χ3n) is 4.25. The topological polar surface area (TPSA) is 66.5 Å². The molecule has 0 bridgehead atoms. The van der Waals surface area contributed by atoms with Crippen LogP contribution in [0.4, 0.5) is 5.69 Å². The zero-order valence-electron chi connectivity index (χ0n) is 15.8. The highest BCUT2D eigenvalue weighted by Gasteiger charge is 2.22. The molecule has 2 aromatic rings. The predicted molar refractivity (Wildman–Crippen MR) is 111 cm³/mol. The van der Waals surface area contributed by atoms with Gasteiger partial charge >= 0.3 is 0 Å². The Bertz CT molecular complexity index is 885. The summed E-state index contributed by atoms with van der Waals surface area (Å²) in [5, 5.41) is 3.33. The van der Waals surface area contributed by atoms with E-state index in [1.165, 1.54) is 5.56 Å². The largest absolute Gasteiger partial charge is 0.352 e. The average Bonchev–Trinajstić information content (AvgIpc) is 2.60. The van der Waals surface area contributed by atoms with Gasteiger partial charge in [0, 0.05) is 11.1 Å². The minimum Gasteiger partial charge on any atom is -0.352 e. The highest BCUT2D eigenvalue weighted by molar-refractivity contribution is 7.92. The van der Waals surface area contributed by atoms with Gasteiger partial charge in [-0.3, -0.25) is 9.10 Å². The number of carbonyl (C=O) groups excluding carboxylic acids is 1. The van der Waals surface area contributed by atoms with Crippen molar-refractivity contribution in [2.45, 2.75) is 32.7 Å². The normalized spacial score (nSPS) is 12.4. The summed E-state index contributed by atoms with van der Waals surface area (Å²) >= 11 is 6.11. The molecule has 2 rings (SSSR count). The van der Waals surface area contributed by atoms with Crippen LogP contribution < -0.4 is 9.62 Å². The van der Waals surface area contributed by atoms with Gasteiger partial charge in [0.2, 0.25) is 15.9 Å². The number of sulfonamides is 1. The molecule has 5 nitrogen and oxygen atoms in total. The summed E-state index contributed by atoms with van der Waals surface area (Å²) in [6, 6.07) is 14.9. The molecule has 2 aromatic carbocycles. The summed E-state index contributed by atoms with van der Waals surface area (Å²) < 4.78 is 25.4. The van der Waals surface area contributed by atoms with Crippen molar-refractivity contribution in [2.75, 3.05) is 17.1 Å². The van der Waals surface area contributed by atoms with Crippen LogP contribution in [0.15, 0.2) is 48.5 Å². The number of rotatable bonds is 8. The third-order valence-corrected chi connectivity index (χ3v) is 5.79. The van der Waals surface area contributed by atoms with Gasteiger partial charge in [-0.2, -0.15) is 0 Å². The number of carbonyl (C=O) groups is 1. The van der Waals surface area contributed by atoms with Gasteiger partial charge in [0.15, 0.2) is 0 Å². The molecule has 1 amide bonds. The number of anilines is 1. The van der Waals surface area contributed by atoms with E-state index < -0.39 is 10.0 Å². The Kier molecular flexibility index (Phi) is 7.27. The highest BCUT2D eigenvalue weighted by Crippen LogP contribution is 2.24. The minimum absolute atomic E-state index is 0.0688. The molecule has 0 aliphatic rings. The van der Waals surface area contributed by atoms with Crippen molar-refractivity contribution in [3.05, 3.63) is 64.7 Å². The number of amides is 1. The van der Waals surface area contributed by atoms with Crippen LogP contribution in [0.2, 0.25) is 5.02 Å². The summed E-state index contributed by atoms with van der Waals surface area (Å²) in [5.74, 6) is -0.349. The lowest BCUT2D eigenvalue weighted by Gasteiger charge is -2.23. The van der Waals surface area contributed by atoms with Crippen LogP contribution in [-0.2, 0) is 21.2 Å². The lowest BCUT2D eigenvalue weighted by molar-refractivity contribution is -0.120. The van der Waals surface area contributed by atoms with Gasteiger partial charge in [0.05, 0.1) is 11.9 Å². The summed E-state index contributed by atoms with van der Waals surface area (Å²) in [4.78, 5) is 12.4. The molecular weight excluding hydrogens is 384 g/mol. The minimum atomic E-state index is -3.62. The number of benzene rings is 2. The molecule has 0 radical (unpaired) electrons. The highest BCUT2D eigenvalue weighted by atomic mass is 35.5. The summed E-state index contributed by atoms with van der Waals surface area (Å²) in [6.07, 6.45) is 2.68. The van der Waals surface area contributed by atoms with Crippen molar-refractivity contribution in [3.63, 3.8) is 0 Å². The van der Waals surface area contributed by atoms with Crippen LogP contribution in [0.5, 0.6) is 0 Å². The lowest BCUT2D eigenvalue weighted by atomic mass is 10.1. The van der Waals surface area contributed by atoms with E-state index in [1.54, 1.807) is 18.2 Å². The first-order valence-electron chi connectivity index (χ1n) is 8.74. The molecule has 0 aliphatic heterocycles. The van der Waals surface area contributed by atoms with Crippen LogP contribution in [0.1, 0.15) is 24.5 Å². The first kappa shape index (κ1) is 21.3. The molecule has 0 heterocycles. The van der Waals surface area contributed by atoms with E-state index in [9.17, 15) is 13.2 Å². The fraction of sp³-hybridized carbons (Fsp3) is 0.350. The molecule has 0 saturated carbocycles. The van der Waals surface area contributed by atoms with Gasteiger partial charge in [-0.05, 0) is 49.9 Å². The lowest BCUT2D eigenvalue weighted by Crippen LogP contribution is -2.43. The number of aryl methyl sites for hydroxylation is 2. The van der Waals surface area contributed by atoms with Crippen molar-refractivity contribution in [1.29, 1.82) is 0 Å². The Morgan fingerprint density at radius 3 is 2.44 bits per heavy atom. The van der Waals surface area contributed by atoms with Crippen LogP contribution in [0, 0.1) is 6.92 Å². The van der Waals surface area contributed by atoms with Crippen molar-refractivity contribution in [3.8, 4) is 0 Å². The van der Waals surface area contributed by atoms with E-state index >= 15 is 0 Å². The number of nitrogens with zero attached hydrogens (tertiary/aromatic N) is 1. The number of hydrogen-bond acceptors (Lipinski definition) is 3. The third kappa shape index (κ3) is 6.56. The van der Waals surface area contributed by atoms with E-state index in [-0.39, 0.29) is 18.5 Å². The number of halogens is 1. The Morgan fingerprint density at radius 2 is 1.85 bits per heavy atom. The Labute approximate surface area is 166 Å². The van der Waals surface area contributed by atoms with Crippen LogP contribution in [0.25, 0.3) is 0 Å². The van der Waals surface area contributed by atoms with Crippen LogP contribution >= 0.6 is 11.6 Å². The van der Waals surface area contributed by atoms with E-state index in [2.05, 4.69) is 5.32 Å². The standard InChI is InChI=1S/C20H25ClN2O3S/c1-15-9-12-18(13-19(15)21)23(27(3,25)26)14-20(24)22-16(2)10-11-17-7-5-4-6-8-17/h4-9,12-13,16H,10-11,14H2,1-3H3,(H,22,24)/t16-/m1/s1. The summed E-state index contributed by atoms with van der Waals surface area (Å²) in [6.45, 7) is 3.46. The average molecular weight is 409 g/mol. The van der Waals surface area contributed by atoms with Gasteiger partial charge < -0.3 is 5.32 Å². The van der Waals surface area contributed by atoms with Gasteiger partial charge in [0.1, 0.15) is 6.54 Å². The molecule has 0 spiro atoms. The van der Waals surface area contributed by atoms with Crippen molar-refractivity contribution in [1.82, 2.24) is 5.32 Å². The molecule has 0 unspecified atom stereocenters. The second-order valence-electron chi connectivity index (χ2n) is 6.70. The SMILES string of the molecule is Cc1ccc(N(CC(=O)N[C@H](C)CCc2ccccc2)S(C)(=O)=O)cc1Cl. The van der Waals surface area contributed by atoms with Gasteiger partial charge in [-0.25, -0.2) is 8.42 Å². The molecular formula is C20H25ClN2O3S. The second-order valence-corrected chi connectivity index (χ2v) is 9.01. The van der Waals surface area contributed by atoms with Crippen molar-refractivity contribution >= 4 is 33.2 Å². The van der Waals surface area contributed by atoms with Gasteiger partial charge in [-0.15, -0.1) is 0 Å². The van der Waals surface area contributed by atoms with E-state index in [0.29, 0.717) is 10.7 Å². The molecule has 0 aliphatic carbocycles. The molecule has 0 saturated heterocycles. The molecule has 27 heavy (non-hydrogen) atoms. The quantitative estimate of drug-likeness (QED) is 0.726. The molecule has 1 N–H and O–H groups in total. The van der Waals surface area contributed by atoms with E-state index in [1.807, 2.05) is 44.2 Å². The van der Waals surface area contributed by atoms with Crippen LogP contribution in [0.3, 0.4) is 0 Å². The van der Waals surface area contributed by atoms with Crippen molar-refractivity contribution < 1.29 is 13.2 Å². The van der Waals surface area contributed by atoms with Gasteiger partial charge in [-0.1, -0.05) is 48.0 Å². The zero-order valence-corrected chi connectivity index (χ0v) is 17.3. The summed E-state index contributed by atoms with van der Waals surface area (Å²) in [5.41, 5.74) is 2.42. The zero-order chi connectivity index (χ0) is 20.0. The van der Waals surface area contributed by atoms with Crippen LogP contribution in [-0.4, -0.2) is 33.2 Å². The maximum absolute atomic E-state index is 12.4. The predicted octanol–water partition coefficient (Wildman–Crippen LogP) is 3.55. The van der Waals surface area contributed by atoms with E-state index in [0.717, 1.165) is 29.0 Å². The molecule has 0 fully saturated rings. The first-order valence-corrected chi connectivity index (χ1v) is 11.0. The maximum Gasteiger partial charge on any atom is 0.240 e. The smallest absolute Gasteiger partial charge is 0.240 e. The van der Waals surface area contributed by atoms with Crippen molar-refractivity contribution in [2.24, 2.45) is 0 Å². The molecule has 146 valence electrons. The Morgan fingerprint density at radius 1 is 1.19 bits per heavy atom. The summed E-state index contributed by atoms with van der Waals surface area (Å²) in [7, 11) is -3.62. The fourth-order valence-electron chi connectivity index (χ4n) is 2.69. The van der Waals surface area contributed by atoms with E-state index in [4.69, 9.17) is 11.6 Å². The number of nitrogens with one attached hydrogen (secondary N) is 1. The number of hydrogen-bond donors (Lipinski definition) is 1. The molecule has 0 aromatic heterocycles. The first-order chi connectivity index (χ1) is 12.7. The monoisotopic (exact) mass is 408 g/mol.